The Kier molecular flexibility index (Phi) is 3.20. The van der Waals surface area contributed by atoms with E-state index < -0.39 is 0 Å². The molecule has 1 N–H and O–H groups in total. The number of aryl methyl sites for hydroxylation is 1. The van der Waals surface area contributed by atoms with Crippen LogP contribution in [-0.4, -0.2) is 23.2 Å². The van der Waals surface area contributed by atoms with Gasteiger partial charge in [-0.2, -0.15) is 0 Å². The molecule has 18 heavy (non-hydrogen) atoms. The summed E-state index contributed by atoms with van der Waals surface area (Å²) in [5.41, 5.74) is 1.19. The molecule has 1 aromatic heterocycles. The van der Waals surface area contributed by atoms with Crippen molar-refractivity contribution in [2.45, 2.75) is 70.2 Å². The zero-order valence-corrected chi connectivity index (χ0v) is 12.2. The van der Waals surface area contributed by atoms with Crippen LogP contribution >= 0.6 is 11.3 Å². The minimum Gasteiger partial charge on any atom is -0.375 e. The first-order valence-electron chi connectivity index (χ1n) is 6.93. The number of nitrogens with one attached hydrogen (secondary N) is 1. The molecule has 0 bridgehead atoms. The van der Waals surface area contributed by atoms with Gasteiger partial charge >= 0.3 is 0 Å². The molecule has 2 unspecified atom stereocenters. The third-order valence-corrected chi connectivity index (χ3v) is 4.99. The first-order chi connectivity index (χ1) is 8.57. The summed E-state index contributed by atoms with van der Waals surface area (Å²) in [7, 11) is 0. The van der Waals surface area contributed by atoms with Crippen molar-refractivity contribution in [3.05, 3.63) is 16.1 Å². The van der Waals surface area contributed by atoms with E-state index in [9.17, 15) is 0 Å². The standard InChI is InChI=1S/C14H22N2OS/c1-9-8-18-13(15-9)14(16-12-4-5-12)6-10(2)17-11(3)7-14/h8,10-12,16H,4-7H2,1-3H3. The van der Waals surface area contributed by atoms with E-state index in [1.54, 1.807) is 11.3 Å². The number of hydrogen-bond acceptors (Lipinski definition) is 4. The summed E-state index contributed by atoms with van der Waals surface area (Å²) in [5, 5.41) is 7.29. The van der Waals surface area contributed by atoms with E-state index >= 15 is 0 Å². The zero-order chi connectivity index (χ0) is 12.8. The predicted octanol–water partition coefficient (Wildman–Crippen LogP) is 2.99. The van der Waals surface area contributed by atoms with Crippen molar-refractivity contribution in [1.82, 2.24) is 10.3 Å². The molecule has 3 rings (SSSR count). The number of ether oxygens (including phenoxy) is 1. The number of hydrogen-bond donors (Lipinski definition) is 1. The Morgan fingerprint density at radius 2 is 2.00 bits per heavy atom. The van der Waals surface area contributed by atoms with Gasteiger partial charge in [-0.3, -0.25) is 0 Å². The van der Waals surface area contributed by atoms with Crippen molar-refractivity contribution in [2.24, 2.45) is 0 Å². The first-order valence-corrected chi connectivity index (χ1v) is 7.81. The lowest BCUT2D eigenvalue weighted by Crippen LogP contribution is -2.51. The maximum atomic E-state index is 5.91. The van der Waals surface area contributed by atoms with Gasteiger partial charge in [-0.1, -0.05) is 0 Å². The average Bonchev–Trinajstić information content (AvgIpc) is 2.95. The monoisotopic (exact) mass is 266 g/mol. The molecule has 2 atom stereocenters. The second kappa shape index (κ2) is 4.58. The molecule has 4 heteroatoms. The third kappa shape index (κ3) is 2.46. The summed E-state index contributed by atoms with van der Waals surface area (Å²) in [6, 6.07) is 0.701. The van der Waals surface area contributed by atoms with Gasteiger partial charge in [0.25, 0.3) is 0 Å². The SMILES string of the molecule is Cc1csc(C2(NC3CC3)CC(C)OC(C)C2)n1. The average molecular weight is 266 g/mol. The highest BCUT2D eigenvalue weighted by Gasteiger charge is 2.45. The van der Waals surface area contributed by atoms with Gasteiger partial charge in [-0.05, 0) is 46.5 Å². The Morgan fingerprint density at radius 3 is 2.50 bits per heavy atom. The van der Waals surface area contributed by atoms with Crippen molar-refractivity contribution in [1.29, 1.82) is 0 Å². The van der Waals surface area contributed by atoms with Crippen LogP contribution < -0.4 is 5.32 Å². The predicted molar refractivity (Wildman–Crippen MR) is 73.9 cm³/mol. The lowest BCUT2D eigenvalue weighted by molar-refractivity contribution is -0.0718. The molecular formula is C14H22N2OS. The molecule has 1 aliphatic heterocycles. The highest BCUT2D eigenvalue weighted by Crippen LogP contribution is 2.41. The third-order valence-electron chi connectivity index (χ3n) is 3.82. The fraction of sp³-hybridized carbons (Fsp3) is 0.786. The van der Waals surface area contributed by atoms with Gasteiger partial charge in [0.1, 0.15) is 5.01 Å². The van der Waals surface area contributed by atoms with Crippen LogP contribution in [0.4, 0.5) is 0 Å². The van der Waals surface area contributed by atoms with Crippen molar-refractivity contribution in [3.63, 3.8) is 0 Å². The number of nitrogens with zero attached hydrogens (tertiary/aromatic N) is 1. The minimum absolute atomic E-state index is 0.0528. The lowest BCUT2D eigenvalue weighted by atomic mass is 9.84. The first kappa shape index (κ1) is 12.6. The molecule has 1 saturated carbocycles. The fourth-order valence-corrected chi connectivity index (χ4v) is 4.09. The van der Waals surface area contributed by atoms with Gasteiger partial charge in [0.2, 0.25) is 0 Å². The van der Waals surface area contributed by atoms with E-state index in [0.717, 1.165) is 18.5 Å². The summed E-state index contributed by atoms with van der Waals surface area (Å²) in [5.74, 6) is 0. The van der Waals surface area contributed by atoms with Gasteiger partial charge in [0.05, 0.1) is 17.7 Å². The molecule has 100 valence electrons. The summed E-state index contributed by atoms with van der Waals surface area (Å²) < 4.78 is 5.91. The Bertz CT molecular complexity index is 412. The molecule has 2 aliphatic rings. The van der Waals surface area contributed by atoms with Crippen molar-refractivity contribution >= 4 is 11.3 Å². The van der Waals surface area contributed by atoms with Crippen molar-refractivity contribution in [2.75, 3.05) is 0 Å². The number of rotatable bonds is 3. The number of thiazole rings is 1. The van der Waals surface area contributed by atoms with Gasteiger partial charge in [-0.15, -0.1) is 11.3 Å². The van der Waals surface area contributed by atoms with Crippen LogP contribution in [-0.2, 0) is 10.3 Å². The van der Waals surface area contributed by atoms with Crippen molar-refractivity contribution < 1.29 is 4.74 Å². The van der Waals surface area contributed by atoms with E-state index in [1.807, 2.05) is 0 Å². The van der Waals surface area contributed by atoms with Gasteiger partial charge < -0.3 is 10.1 Å². The number of aromatic nitrogens is 1. The van der Waals surface area contributed by atoms with Crippen LogP contribution in [0.15, 0.2) is 5.38 Å². The maximum absolute atomic E-state index is 5.91. The largest absolute Gasteiger partial charge is 0.375 e. The van der Waals surface area contributed by atoms with E-state index in [4.69, 9.17) is 9.72 Å². The smallest absolute Gasteiger partial charge is 0.113 e. The van der Waals surface area contributed by atoms with E-state index in [2.05, 4.69) is 31.5 Å². The van der Waals surface area contributed by atoms with Crippen LogP contribution in [0.2, 0.25) is 0 Å². The Morgan fingerprint density at radius 1 is 1.33 bits per heavy atom. The van der Waals surface area contributed by atoms with Crippen molar-refractivity contribution in [3.8, 4) is 0 Å². The molecule has 1 aliphatic carbocycles. The van der Waals surface area contributed by atoms with Gasteiger partial charge in [0.15, 0.2) is 0 Å². The molecule has 0 amide bonds. The Balaban J connectivity index is 1.91. The molecular weight excluding hydrogens is 244 g/mol. The van der Waals surface area contributed by atoms with Gasteiger partial charge in [-0.25, -0.2) is 4.98 Å². The molecule has 3 nitrogen and oxygen atoms in total. The normalized spacial score (nSPS) is 36.8. The summed E-state index contributed by atoms with van der Waals surface area (Å²) in [6.07, 6.45) is 5.33. The van der Waals surface area contributed by atoms with E-state index in [-0.39, 0.29) is 5.54 Å². The fourth-order valence-electron chi connectivity index (χ4n) is 3.10. The van der Waals surface area contributed by atoms with E-state index in [1.165, 1.54) is 17.8 Å². The molecule has 2 fully saturated rings. The second-order valence-corrected chi connectivity index (χ2v) is 6.82. The highest BCUT2D eigenvalue weighted by atomic mass is 32.1. The molecule has 1 aromatic rings. The van der Waals surface area contributed by atoms with Crippen LogP contribution in [0.1, 0.15) is 50.2 Å². The Labute approximate surface area is 113 Å². The molecule has 0 radical (unpaired) electrons. The summed E-state index contributed by atoms with van der Waals surface area (Å²) in [6.45, 7) is 6.44. The minimum atomic E-state index is 0.0528. The maximum Gasteiger partial charge on any atom is 0.113 e. The van der Waals surface area contributed by atoms with Crippen LogP contribution in [0.25, 0.3) is 0 Å². The highest BCUT2D eigenvalue weighted by molar-refractivity contribution is 7.09. The quantitative estimate of drug-likeness (QED) is 0.913. The zero-order valence-electron chi connectivity index (χ0n) is 11.4. The van der Waals surface area contributed by atoms with Crippen LogP contribution in [0, 0.1) is 6.92 Å². The lowest BCUT2D eigenvalue weighted by Gasteiger charge is -2.42. The summed E-state index contributed by atoms with van der Waals surface area (Å²) in [4.78, 5) is 4.76. The molecule has 2 heterocycles. The molecule has 0 spiro atoms. The molecule has 0 aromatic carbocycles. The topological polar surface area (TPSA) is 34.1 Å². The second-order valence-electron chi connectivity index (χ2n) is 5.96. The summed E-state index contributed by atoms with van der Waals surface area (Å²) >= 11 is 1.80. The van der Waals surface area contributed by atoms with Crippen LogP contribution in [0.5, 0.6) is 0 Å². The van der Waals surface area contributed by atoms with E-state index in [0.29, 0.717) is 18.2 Å². The van der Waals surface area contributed by atoms with Gasteiger partial charge in [0, 0.05) is 17.1 Å². The Hall–Kier alpha value is -0.450. The van der Waals surface area contributed by atoms with Crippen LogP contribution in [0.3, 0.4) is 0 Å². The molecule has 1 saturated heterocycles.